The standard InChI is InChI=1S/C26H30N4O3/c1-19-16-20(2)30(28-19)23-10-6-9-22(17-23)27-26(32)21-8-7-14-29(18-21)25(31)13-15-33-24-11-4-3-5-12-24/h3-6,9-12,16-17,21H,7-8,13-15,18H2,1-2H3,(H,27,32). The molecular weight excluding hydrogens is 416 g/mol. The Labute approximate surface area is 194 Å². The van der Waals surface area contributed by atoms with Crippen LogP contribution in [0.4, 0.5) is 5.69 Å². The Bertz CT molecular complexity index is 1110. The third kappa shape index (κ3) is 5.80. The lowest BCUT2D eigenvalue weighted by molar-refractivity contribution is -0.135. The van der Waals surface area contributed by atoms with Gasteiger partial charge in [0.2, 0.25) is 11.8 Å². The third-order valence-corrected chi connectivity index (χ3v) is 5.84. The van der Waals surface area contributed by atoms with E-state index in [0.29, 0.717) is 26.1 Å². The van der Waals surface area contributed by atoms with Gasteiger partial charge in [-0.2, -0.15) is 5.10 Å². The minimum absolute atomic E-state index is 0.0231. The van der Waals surface area contributed by atoms with E-state index < -0.39 is 0 Å². The molecule has 1 saturated heterocycles. The predicted molar refractivity (Wildman–Crippen MR) is 128 cm³/mol. The van der Waals surface area contributed by atoms with E-state index in [0.717, 1.165) is 41.4 Å². The lowest BCUT2D eigenvalue weighted by Gasteiger charge is -2.32. The van der Waals surface area contributed by atoms with Crippen molar-refractivity contribution in [2.45, 2.75) is 33.1 Å². The van der Waals surface area contributed by atoms with Crippen LogP contribution in [0.2, 0.25) is 0 Å². The van der Waals surface area contributed by atoms with E-state index >= 15 is 0 Å². The molecule has 0 radical (unpaired) electrons. The maximum absolute atomic E-state index is 13.0. The predicted octanol–water partition coefficient (Wildman–Crippen LogP) is 4.14. The van der Waals surface area contributed by atoms with E-state index in [1.807, 2.05) is 79.2 Å². The Morgan fingerprint density at radius 2 is 1.91 bits per heavy atom. The fourth-order valence-corrected chi connectivity index (χ4v) is 4.20. The highest BCUT2D eigenvalue weighted by atomic mass is 16.5. The third-order valence-electron chi connectivity index (χ3n) is 5.84. The van der Waals surface area contributed by atoms with Gasteiger partial charge in [0.1, 0.15) is 5.75 Å². The number of nitrogens with one attached hydrogen (secondary N) is 1. The summed E-state index contributed by atoms with van der Waals surface area (Å²) in [6.45, 7) is 5.41. The molecule has 0 spiro atoms. The van der Waals surface area contributed by atoms with Crippen molar-refractivity contribution in [2.24, 2.45) is 5.92 Å². The smallest absolute Gasteiger partial charge is 0.229 e. The molecule has 7 heteroatoms. The fraction of sp³-hybridized carbons (Fsp3) is 0.346. The van der Waals surface area contributed by atoms with Gasteiger partial charge in [0.25, 0.3) is 0 Å². The molecule has 1 aromatic heterocycles. The highest BCUT2D eigenvalue weighted by Gasteiger charge is 2.28. The summed E-state index contributed by atoms with van der Waals surface area (Å²) in [7, 11) is 0. The van der Waals surface area contributed by atoms with Crippen molar-refractivity contribution in [2.75, 3.05) is 25.0 Å². The monoisotopic (exact) mass is 446 g/mol. The number of ether oxygens (including phenoxy) is 1. The molecule has 0 saturated carbocycles. The number of carbonyl (C=O) groups excluding carboxylic acids is 2. The van der Waals surface area contributed by atoms with Crippen LogP contribution in [0.15, 0.2) is 60.7 Å². The average molecular weight is 447 g/mol. The average Bonchev–Trinajstić information content (AvgIpc) is 3.17. The Morgan fingerprint density at radius 3 is 2.67 bits per heavy atom. The van der Waals surface area contributed by atoms with Gasteiger partial charge in [0.15, 0.2) is 0 Å². The molecule has 7 nitrogen and oxygen atoms in total. The van der Waals surface area contributed by atoms with Crippen LogP contribution < -0.4 is 10.1 Å². The van der Waals surface area contributed by atoms with Crippen LogP contribution in [0.3, 0.4) is 0 Å². The summed E-state index contributed by atoms with van der Waals surface area (Å²) in [6, 6.07) is 19.2. The van der Waals surface area contributed by atoms with Gasteiger partial charge in [-0.15, -0.1) is 0 Å². The fourth-order valence-electron chi connectivity index (χ4n) is 4.20. The molecule has 172 valence electrons. The summed E-state index contributed by atoms with van der Waals surface area (Å²) >= 11 is 0. The second-order valence-corrected chi connectivity index (χ2v) is 8.47. The van der Waals surface area contributed by atoms with Crippen molar-refractivity contribution in [3.63, 3.8) is 0 Å². The van der Waals surface area contributed by atoms with Crippen molar-refractivity contribution in [3.05, 3.63) is 72.1 Å². The van der Waals surface area contributed by atoms with Crippen molar-refractivity contribution >= 4 is 17.5 Å². The van der Waals surface area contributed by atoms with Crippen LogP contribution in [0, 0.1) is 19.8 Å². The molecule has 0 aliphatic carbocycles. The number of para-hydroxylation sites is 1. The van der Waals surface area contributed by atoms with Crippen LogP contribution in [-0.4, -0.2) is 46.2 Å². The van der Waals surface area contributed by atoms with Crippen LogP contribution in [-0.2, 0) is 9.59 Å². The Kier molecular flexibility index (Phi) is 7.07. The number of aryl methyl sites for hydroxylation is 2. The molecule has 1 aliphatic heterocycles. The van der Waals surface area contributed by atoms with Crippen LogP contribution >= 0.6 is 0 Å². The zero-order chi connectivity index (χ0) is 23.2. The number of carbonyl (C=O) groups is 2. The van der Waals surface area contributed by atoms with E-state index in [-0.39, 0.29) is 17.7 Å². The summed E-state index contributed by atoms with van der Waals surface area (Å²) in [6.07, 6.45) is 1.89. The van der Waals surface area contributed by atoms with E-state index in [1.54, 1.807) is 4.90 Å². The topological polar surface area (TPSA) is 76.5 Å². The summed E-state index contributed by atoms with van der Waals surface area (Å²) in [5.41, 5.74) is 3.61. The summed E-state index contributed by atoms with van der Waals surface area (Å²) in [5, 5.41) is 7.54. The number of amides is 2. The van der Waals surface area contributed by atoms with Crippen molar-refractivity contribution in [3.8, 4) is 11.4 Å². The molecule has 33 heavy (non-hydrogen) atoms. The second kappa shape index (κ2) is 10.3. The molecule has 1 unspecified atom stereocenters. The molecule has 2 aromatic carbocycles. The van der Waals surface area contributed by atoms with E-state index in [2.05, 4.69) is 10.4 Å². The SMILES string of the molecule is Cc1cc(C)n(-c2cccc(NC(=O)C3CCCN(C(=O)CCOc4ccccc4)C3)c2)n1. The summed E-state index contributed by atoms with van der Waals surface area (Å²) in [4.78, 5) is 27.4. The van der Waals surface area contributed by atoms with Crippen molar-refractivity contribution in [1.29, 1.82) is 0 Å². The van der Waals surface area contributed by atoms with Gasteiger partial charge < -0.3 is 15.0 Å². The van der Waals surface area contributed by atoms with Crippen LogP contribution in [0.1, 0.15) is 30.7 Å². The van der Waals surface area contributed by atoms with Gasteiger partial charge in [-0.1, -0.05) is 24.3 Å². The molecule has 2 heterocycles. The minimum Gasteiger partial charge on any atom is -0.493 e. The van der Waals surface area contributed by atoms with Gasteiger partial charge in [-0.25, -0.2) is 4.68 Å². The van der Waals surface area contributed by atoms with E-state index in [9.17, 15) is 9.59 Å². The summed E-state index contributed by atoms with van der Waals surface area (Å²) in [5.74, 6) is 0.493. The highest BCUT2D eigenvalue weighted by Crippen LogP contribution is 2.21. The first kappa shape index (κ1) is 22.6. The van der Waals surface area contributed by atoms with Crippen molar-refractivity contribution < 1.29 is 14.3 Å². The quantitative estimate of drug-likeness (QED) is 0.592. The lowest BCUT2D eigenvalue weighted by Crippen LogP contribution is -2.44. The molecular formula is C26H30N4O3. The number of hydrogen-bond donors (Lipinski definition) is 1. The number of anilines is 1. The van der Waals surface area contributed by atoms with E-state index in [1.165, 1.54) is 0 Å². The minimum atomic E-state index is -0.227. The number of piperidine rings is 1. The first-order valence-corrected chi connectivity index (χ1v) is 11.4. The molecule has 4 rings (SSSR count). The number of likely N-dealkylation sites (tertiary alicyclic amines) is 1. The molecule has 0 bridgehead atoms. The Morgan fingerprint density at radius 1 is 1.09 bits per heavy atom. The molecule has 1 fully saturated rings. The van der Waals surface area contributed by atoms with E-state index in [4.69, 9.17) is 4.74 Å². The first-order chi connectivity index (χ1) is 16.0. The van der Waals surface area contributed by atoms with Crippen LogP contribution in [0.5, 0.6) is 5.75 Å². The normalized spacial score (nSPS) is 15.8. The zero-order valence-corrected chi connectivity index (χ0v) is 19.2. The highest BCUT2D eigenvalue weighted by molar-refractivity contribution is 5.93. The Balaban J connectivity index is 1.32. The zero-order valence-electron chi connectivity index (χ0n) is 19.2. The number of rotatable bonds is 7. The molecule has 1 aliphatic rings. The van der Waals surface area contributed by atoms with Gasteiger partial charge in [0, 0.05) is 24.5 Å². The van der Waals surface area contributed by atoms with Crippen molar-refractivity contribution in [1.82, 2.24) is 14.7 Å². The largest absolute Gasteiger partial charge is 0.493 e. The van der Waals surface area contributed by atoms with Gasteiger partial charge >= 0.3 is 0 Å². The van der Waals surface area contributed by atoms with Gasteiger partial charge in [-0.3, -0.25) is 9.59 Å². The molecule has 3 aromatic rings. The van der Waals surface area contributed by atoms with Gasteiger partial charge in [-0.05, 0) is 63.1 Å². The van der Waals surface area contributed by atoms with Crippen LogP contribution in [0.25, 0.3) is 5.69 Å². The maximum atomic E-state index is 13.0. The second-order valence-electron chi connectivity index (χ2n) is 8.47. The first-order valence-electron chi connectivity index (χ1n) is 11.4. The molecule has 2 amide bonds. The number of aromatic nitrogens is 2. The summed E-state index contributed by atoms with van der Waals surface area (Å²) < 4.78 is 7.51. The Hall–Kier alpha value is -3.61. The maximum Gasteiger partial charge on any atom is 0.229 e. The number of hydrogen-bond acceptors (Lipinski definition) is 4. The van der Waals surface area contributed by atoms with Gasteiger partial charge in [0.05, 0.1) is 30.3 Å². The molecule has 1 N–H and O–H groups in total. The number of nitrogens with zero attached hydrogens (tertiary/aromatic N) is 3. The molecule has 1 atom stereocenters. The lowest BCUT2D eigenvalue weighted by atomic mass is 9.96. The number of benzene rings is 2.